The maximum Gasteiger partial charge on any atom is 0.251 e. The molecule has 0 aliphatic heterocycles. The number of anilines is 1. The highest BCUT2D eigenvalue weighted by atomic mass is 79.9. The predicted octanol–water partition coefficient (Wildman–Crippen LogP) is 4.45. The summed E-state index contributed by atoms with van der Waals surface area (Å²) in [4.78, 5) is 24.3. The highest BCUT2D eigenvalue weighted by Gasteiger charge is 2.16. The van der Waals surface area contributed by atoms with Crippen LogP contribution in [0.1, 0.15) is 41.6 Å². The fraction of sp³-hybridized carbons (Fsp3) is 0.333. The van der Waals surface area contributed by atoms with E-state index < -0.39 is 0 Å². The topological polar surface area (TPSA) is 67.4 Å². The third-order valence-electron chi connectivity index (χ3n) is 4.59. The van der Waals surface area contributed by atoms with Gasteiger partial charge in [-0.1, -0.05) is 15.9 Å². The first-order valence-electron chi connectivity index (χ1n) is 9.12. The third-order valence-corrected chi connectivity index (χ3v) is 5.09. The van der Waals surface area contributed by atoms with Gasteiger partial charge in [-0.25, -0.2) is 0 Å². The van der Waals surface area contributed by atoms with Gasteiger partial charge in [0.05, 0.1) is 12.6 Å². The van der Waals surface area contributed by atoms with Gasteiger partial charge in [-0.2, -0.15) is 0 Å². The molecule has 2 aromatic carbocycles. The third kappa shape index (κ3) is 5.57. The fourth-order valence-corrected chi connectivity index (χ4v) is 3.58. The summed E-state index contributed by atoms with van der Waals surface area (Å²) < 4.78 is 6.85. The van der Waals surface area contributed by atoms with Crippen molar-refractivity contribution < 1.29 is 14.3 Å². The van der Waals surface area contributed by atoms with Gasteiger partial charge in [0.2, 0.25) is 5.91 Å². The normalized spacial score (nSPS) is 14.0. The maximum atomic E-state index is 12.2. The van der Waals surface area contributed by atoms with Gasteiger partial charge in [0.15, 0.2) is 0 Å². The lowest BCUT2D eigenvalue weighted by Gasteiger charge is -2.13. The second-order valence-electron chi connectivity index (χ2n) is 6.74. The summed E-state index contributed by atoms with van der Waals surface area (Å²) in [6.45, 7) is 1.82. The van der Waals surface area contributed by atoms with Gasteiger partial charge in [-0.15, -0.1) is 0 Å². The lowest BCUT2D eigenvalue weighted by atomic mass is 10.2. The Balaban J connectivity index is 1.48. The molecule has 1 aliphatic carbocycles. The number of carbonyl (C=O) groups excluding carboxylic acids is 2. The van der Waals surface area contributed by atoms with Crippen LogP contribution in [0.2, 0.25) is 0 Å². The zero-order valence-electron chi connectivity index (χ0n) is 15.3. The van der Waals surface area contributed by atoms with E-state index in [9.17, 15) is 9.59 Å². The SMILES string of the molecule is Cc1cc(Br)ccc1NC(=O)CNC(=O)c1ccc(OC2CCCC2)cc1. The zero-order valence-corrected chi connectivity index (χ0v) is 16.8. The second-order valence-corrected chi connectivity index (χ2v) is 7.65. The molecule has 0 radical (unpaired) electrons. The van der Waals surface area contributed by atoms with Crippen LogP contribution in [0.4, 0.5) is 5.69 Å². The minimum Gasteiger partial charge on any atom is -0.490 e. The number of nitrogens with one attached hydrogen (secondary N) is 2. The van der Waals surface area contributed by atoms with Crippen molar-refractivity contribution in [2.24, 2.45) is 0 Å². The van der Waals surface area contributed by atoms with E-state index in [0.717, 1.165) is 34.3 Å². The number of aryl methyl sites for hydroxylation is 1. The molecule has 3 rings (SSSR count). The summed E-state index contributed by atoms with van der Waals surface area (Å²) in [5.41, 5.74) is 2.18. The van der Waals surface area contributed by atoms with Crippen LogP contribution in [0.3, 0.4) is 0 Å². The van der Waals surface area contributed by atoms with Crippen molar-refractivity contribution in [3.63, 3.8) is 0 Å². The van der Waals surface area contributed by atoms with Crippen molar-refractivity contribution in [1.29, 1.82) is 0 Å². The molecule has 1 saturated carbocycles. The molecule has 6 heteroatoms. The summed E-state index contributed by atoms with van der Waals surface area (Å²) in [7, 11) is 0. The predicted molar refractivity (Wildman–Crippen MR) is 109 cm³/mol. The molecule has 0 atom stereocenters. The quantitative estimate of drug-likeness (QED) is 0.711. The van der Waals surface area contributed by atoms with Crippen LogP contribution in [0, 0.1) is 6.92 Å². The van der Waals surface area contributed by atoms with Gasteiger partial charge in [0.25, 0.3) is 5.91 Å². The first-order valence-corrected chi connectivity index (χ1v) is 9.91. The summed E-state index contributed by atoms with van der Waals surface area (Å²) >= 11 is 3.39. The number of rotatable bonds is 6. The van der Waals surface area contributed by atoms with E-state index in [1.54, 1.807) is 24.3 Å². The lowest BCUT2D eigenvalue weighted by Crippen LogP contribution is -2.33. The Hall–Kier alpha value is -2.34. The van der Waals surface area contributed by atoms with Crippen molar-refractivity contribution in [2.75, 3.05) is 11.9 Å². The lowest BCUT2D eigenvalue weighted by molar-refractivity contribution is -0.115. The molecule has 0 saturated heterocycles. The van der Waals surface area contributed by atoms with E-state index in [0.29, 0.717) is 5.56 Å². The van der Waals surface area contributed by atoms with Crippen LogP contribution >= 0.6 is 15.9 Å². The molecular formula is C21H23BrN2O3. The minimum atomic E-state index is -0.287. The summed E-state index contributed by atoms with van der Waals surface area (Å²) in [5, 5.41) is 5.44. The van der Waals surface area contributed by atoms with Gasteiger partial charge >= 0.3 is 0 Å². The number of benzene rings is 2. The number of halogens is 1. The smallest absolute Gasteiger partial charge is 0.251 e. The highest BCUT2D eigenvalue weighted by molar-refractivity contribution is 9.10. The number of hydrogen-bond donors (Lipinski definition) is 2. The van der Waals surface area contributed by atoms with Crippen LogP contribution in [-0.4, -0.2) is 24.5 Å². The minimum absolute atomic E-state index is 0.0886. The first kappa shape index (κ1) is 19.4. The first-order chi connectivity index (χ1) is 13.0. The molecule has 0 heterocycles. The Morgan fingerprint density at radius 1 is 1.11 bits per heavy atom. The van der Waals surface area contributed by atoms with Gasteiger partial charge in [0, 0.05) is 15.7 Å². The Labute approximate surface area is 167 Å². The Bertz CT molecular complexity index is 815. The maximum absolute atomic E-state index is 12.2. The monoisotopic (exact) mass is 430 g/mol. The Morgan fingerprint density at radius 2 is 1.81 bits per heavy atom. The summed E-state index contributed by atoms with van der Waals surface area (Å²) in [6, 6.07) is 12.6. The summed E-state index contributed by atoms with van der Waals surface area (Å²) in [5.74, 6) is 0.224. The van der Waals surface area contributed by atoms with Crippen LogP contribution < -0.4 is 15.4 Å². The number of carbonyl (C=O) groups is 2. The molecule has 1 aliphatic rings. The molecule has 27 heavy (non-hydrogen) atoms. The molecule has 142 valence electrons. The molecule has 0 unspecified atom stereocenters. The van der Waals surface area contributed by atoms with E-state index in [1.165, 1.54) is 12.8 Å². The van der Waals surface area contributed by atoms with Crippen molar-refractivity contribution in [2.45, 2.75) is 38.7 Å². The number of ether oxygens (including phenoxy) is 1. The van der Waals surface area contributed by atoms with Crippen LogP contribution in [0.25, 0.3) is 0 Å². The molecular weight excluding hydrogens is 408 g/mol. The average molecular weight is 431 g/mol. The number of hydrogen-bond acceptors (Lipinski definition) is 3. The van der Waals surface area contributed by atoms with E-state index >= 15 is 0 Å². The molecule has 0 spiro atoms. The van der Waals surface area contributed by atoms with E-state index in [4.69, 9.17) is 4.74 Å². The molecule has 0 aromatic heterocycles. The summed E-state index contributed by atoms with van der Waals surface area (Å²) in [6.07, 6.45) is 4.90. The van der Waals surface area contributed by atoms with E-state index in [2.05, 4.69) is 26.6 Å². The van der Waals surface area contributed by atoms with E-state index in [-0.39, 0.29) is 24.5 Å². The largest absolute Gasteiger partial charge is 0.490 e. The van der Waals surface area contributed by atoms with Crippen molar-refractivity contribution >= 4 is 33.4 Å². The van der Waals surface area contributed by atoms with Crippen LogP contribution in [0.5, 0.6) is 5.75 Å². The molecule has 2 N–H and O–H groups in total. The van der Waals surface area contributed by atoms with Crippen molar-refractivity contribution in [3.05, 3.63) is 58.1 Å². The molecule has 5 nitrogen and oxygen atoms in total. The van der Waals surface area contributed by atoms with Gasteiger partial charge in [-0.3, -0.25) is 9.59 Å². The van der Waals surface area contributed by atoms with Crippen molar-refractivity contribution in [1.82, 2.24) is 5.32 Å². The molecule has 1 fully saturated rings. The van der Waals surface area contributed by atoms with Gasteiger partial charge < -0.3 is 15.4 Å². The van der Waals surface area contributed by atoms with Gasteiger partial charge in [-0.05, 0) is 80.6 Å². The Kier molecular flexibility index (Phi) is 6.50. The average Bonchev–Trinajstić information content (AvgIpc) is 3.16. The van der Waals surface area contributed by atoms with Crippen LogP contribution in [-0.2, 0) is 4.79 Å². The van der Waals surface area contributed by atoms with Gasteiger partial charge in [0.1, 0.15) is 5.75 Å². The number of amides is 2. The zero-order chi connectivity index (χ0) is 19.2. The Morgan fingerprint density at radius 3 is 2.48 bits per heavy atom. The molecule has 2 aromatic rings. The van der Waals surface area contributed by atoms with Crippen molar-refractivity contribution in [3.8, 4) is 5.75 Å². The second kappa shape index (κ2) is 9.04. The van der Waals surface area contributed by atoms with E-state index in [1.807, 2.05) is 25.1 Å². The fourth-order valence-electron chi connectivity index (χ4n) is 3.11. The van der Waals surface area contributed by atoms with Crippen LogP contribution in [0.15, 0.2) is 46.9 Å². The molecule has 0 bridgehead atoms. The standard InChI is InChI=1S/C21H23BrN2O3/c1-14-12-16(22)8-11-19(14)24-20(25)13-23-21(26)15-6-9-18(10-7-15)27-17-4-2-3-5-17/h6-12,17H,2-5,13H2,1H3,(H,23,26)(H,24,25). The highest BCUT2D eigenvalue weighted by Crippen LogP contribution is 2.24. The molecule has 2 amide bonds.